The average Bonchev–Trinajstić information content (AvgIpc) is 3.38. The third-order valence-corrected chi connectivity index (χ3v) is 5.40. The molecule has 30 heavy (non-hydrogen) atoms. The molecule has 1 aliphatic rings. The van der Waals surface area contributed by atoms with Gasteiger partial charge in [0.15, 0.2) is 0 Å². The Morgan fingerprint density at radius 2 is 1.07 bits per heavy atom. The van der Waals surface area contributed by atoms with Crippen molar-refractivity contribution in [2.24, 2.45) is 0 Å². The van der Waals surface area contributed by atoms with E-state index in [1.807, 2.05) is 48.5 Å². The van der Waals surface area contributed by atoms with Crippen LogP contribution in [0, 0.1) is 0 Å². The third-order valence-electron chi connectivity index (χ3n) is 5.40. The standard InChI is InChI=1S/C20H20N8O2/c29-19(13-27-17-7-3-1-5-15(17)21-23-27)25-9-11-26(12-10-25)20(30)14-28-18-8-4-2-6-16(18)22-24-28/h1-8H,9-14H2. The second-order valence-electron chi connectivity index (χ2n) is 7.23. The molecule has 0 saturated carbocycles. The third kappa shape index (κ3) is 3.36. The Hall–Kier alpha value is -3.82. The van der Waals surface area contributed by atoms with E-state index in [1.54, 1.807) is 19.2 Å². The predicted octanol–water partition coefficient (Wildman–Crippen LogP) is 0.547. The number of nitrogens with zero attached hydrogens (tertiary/aromatic N) is 8. The van der Waals surface area contributed by atoms with Crippen molar-refractivity contribution in [2.75, 3.05) is 26.2 Å². The number of piperazine rings is 1. The summed E-state index contributed by atoms with van der Waals surface area (Å²) >= 11 is 0. The number of rotatable bonds is 4. The molecule has 0 N–H and O–H groups in total. The van der Waals surface area contributed by atoms with Gasteiger partial charge in [0.25, 0.3) is 0 Å². The highest BCUT2D eigenvalue weighted by atomic mass is 16.2. The van der Waals surface area contributed by atoms with Gasteiger partial charge in [0.2, 0.25) is 11.8 Å². The van der Waals surface area contributed by atoms with Gasteiger partial charge in [0, 0.05) is 26.2 Å². The fraction of sp³-hybridized carbons (Fsp3) is 0.300. The molecule has 0 aliphatic carbocycles. The summed E-state index contributed by atoms with van der Waals surface area (Å²) in [5, 5.41) is 16.3. The van der Waals surface area contributed by atoms with Gasteiger partial charge < -0.3 is 9.80 Å². The molecule has 10 heteroatoms. The Bertz CT molecular complexity index is 1130. The number of hydrogen-bond acceptors (Lipinski definition) is 6. The zero-order valence-electron chi connectivity index (χ0n) is 16.3. The first-order valence-corrected chi connectivity index (χ1v) is 9.81. The summed E-state index contributed by atoms with van der Waals surface area (Å²) in [4.78, 5) is 28.9. The zero-order valence-corrected chi connectivity index (χ0v) is 16.3. The molecule has 2 amide bonds. The van der Waals surface area contributed by atoms with E-state index in [9.17, 15) is 9.59 Å². The molecule has 0 spiro atoms. The maximum atomic E-state index is 12.7. The van der Waals surface area contributed by atoms with E-state index in [0.29, 0.717) is 26.2 Å². The van der Waals surface area contributed by atoms with Crippen LogP contribution in [0.4, 0.5) is 0 Å². The van der Waals surface area contributed by atoms with Crippen LogP contribution in [0.3, 0.4) is 0 Å². The number of benzene rings is 2. The molecule has 0 unspecified atom stereocenters. The van der Waals surface area contributed by atoms with Gasteiger partial charge in [0.05, 0.1) is 11.0 Å². The summed E-state index contributed by atoms with van der Waals surface area (Å²) in [5.41, 5.74) is 3.20. The summed E-state index contributed by atoms with van der Waals surface area (Å²) in [7, 11) is 0. The van der Waals surface area contributed by atoms with Crippen LogP contribution in [0.15, 0.2) is 48.5 Å². The molecule has 1 aliphatic heterocycles. The number of hydrogen-bond donors (Lipinski definition) is 0. The van der Waals surface area contributed by atoms with Gasteiger partial charge >= 0.3 is 0 Å². The Labute approximate surface area is 171 Å². The van der Waals surface area contributed by atoms with E-state index < -0.39 is 0 Å². The summed E-state index contributed by atoms with van der Waals surface area (Å²) in [6.07, 6.45) is 0. The Kier molecular flexibility index (Phi) is 4.58. The summed E-state index contributed by atoms with van der Waals surface area (Å²) in [6.45, 7) is 2.26. The van der Waals surface area contributed by atoms with Gasteiger partial charge in [-0.3, -0.25) is 9.59 Å². The van der Waals surface area contributed by atoms with Gasteiger partial charge in [-0.25, -0.2) is 9.36 Å². The van der Waals surface area contributed by atoms with Crippen LogP contribution < -0.4 is 0 Å². The van der Waals surface area contributed by atoms with E-state index in [4.69, 9.17) is 0 Å². The average molecular weight is 404 g/mol. The van der Waals surface area contributed by atoms with Crippen LogP contribution >= 0.6 is 0 Å². The van der Waals surface area contributed by atoms with E-state index in [-0.39, 0.29) is 24.9 Å². The fourth-order valence-corrected chi connectivity index (χ4v) is 3.73. The van der Waals surface area contributed by atoms with Crippen molar-refractivity contribution >= 4 is 33.9 Å². The van der Waals surface area contributed by atoms with Crippen molar-refractivity contribution < 1.29 is 9.59 Å². The van der Waals surface area contributed by atoms with Gasteiger partial charge in [-0.2, -0.15) is 0 Å². The van der Waals surface area contributed by atoms with Crippen LogP contribution in [0.5, 0.6) is 0 Å². The number of carbonyl (C=O) groups excluding carboxylic acids is 2. The molecular formula is C20H20N8O2. The van der Waals surface area contributed by atoms with E-state index in [0.717, 1.165) is 22.1 Å². The smallest absolute Gasteiger partial charge is 0.244 e. The lowest BCUT2D eigenvalue weighted by molar-refractivity contribution is -0.140. The molecule has 1 saturated heterocycles. The number of amides is 2. The topological polar surface area (TPSA) is 102 Å². The highest BCUT2D eigenvalue weighted by Crippen LogP contribution is 2.12. The van der Waals surface area contributed by atoms with Gasteiger partial charge in [0.1, 0.15) is 24.1 Å². The van der Waals surface area contributed by atoms with Gasteiger partial charge in [-0.05, 0) is 24.3 Å². The molecule has 152 valence electrons. The first-order valence-electron chi connectivity index (χ1n) is 9.81. The minimum absolute atomic E-state index is 0.0278. The number of fused-ring (bicyclic) bond motifs is 2. The van der Waals surface area contributed by atoms with Crippen molar-refractivity contribution in [3.8, 4) is 0 Å². The summed E-state index contributed by atoms with van der Waals surface area (Å²) in [5.74, 6) is -0.0555. The minimum Gasteiger partial charge on any atom is -0.338 e. The largest absolute Gasteiger partial charge is 0.338 e. The highest BCUT2D eigenvalue weighted by molar-refractivity contribution is 5.81. The quantitative estimate of drug-likeness (QED) is 0.492. The number of para-hydroxylation sites is 2. The molecule has 2 aromatic heterocycles. The molecule has 0 radical (unpaired) electrons. The van der Waals surface area contributed by atoms with Gasteiger partial charge in [-0.1, -0.05) is 34.7 Å². The van der Waals surface area contributed by atoms with E-state index >= 15 is 0 Å². The lowest BCUT2D eigenvalue weighted by Gasteiger charge is -2.34. The molecule has 2 aromatic carbocycles. The van der Waals surface area contributed by atoms with Crippen LogP contribution in [0.1, 0.15) is 0 Å². The molecular weight excluding hydrogens is 384 g/mol. The maximum absolute atomic E-state index is 12.7. The SMILES string of the molecule is O=C(Cn1nnc2ccccc21)N1CCN(C(=O)Cn2nnc3ccccc32)CC1. The first-order chi connectivity index (χ1) is 14.7. The number of aromatic nitrogens is 6. The summed E-state index contributed by atoms with van der Waals surface area (Å²) < 4.78 is 3.23. The van der Waals surface area contributed by atoms with Crippen molar-refractivity contribution in [1.82, 2.24) is 39.8 Å². The van der Waals surface area contributed by atoms with Crippen LogP contribution in [-0.2, 0) is 22.7 Å². The van der Waals surface area contributed by atoms with Crippen molar-refractivity contribution in [2.45, 2.75) is 13.1 Å². The van der Waals surface area contributed by atoms with Crippen molar-refractivity contribution in [1.29, 1.82) is 0 Å². The second kappa shape index (κ2) is 7.54. The van der Waals surface area contributed by atoms with E-state index in [2.05, 4.69) is 20.6 Å². The molecule has 10 nitrogen and oxygen atoms in total. The normalized spacial score (nSPS) is 14.5. The molecule has 0 atom stereocenters. The first kappa shape index (κ1) is 18.2. The van der Waals surface area contributed by atoms with Crippen molar-refractivity contribution in [3.05, 3.63) is 48.5 Å². The Morgan fingerprint density at radius 1 is 0.667 bits per heavy atom. The van der Waals surface area contributed by atoms with Crippen LogP contribution in [-0.4, -0.2) is 77.8 Å². The maximum Gasteiger partial charge on any atom is 0.244 e. The summed E-state index contributed by atoms with van der Waals surface area (Å²) in [6, 6.07) is 15.1. The lowest BCUT2D eigenvalue weighted by atomic mass is 10.3. The molecule has 0 bridgehead atoms. The zero-order chi connectivity index (χ0) is 20.5. The predicted molar refractivity (Wildman–Crippen MR) is 108 cm³/mol. The number of carbonyl (C=O) groups is 2. The fourth-order valence-electron chi connectivity index (χ4n) is 3.73. The molecule has 3 heterocycles. The molecule has 1 fully saturated rings. The highest BCUT2D eigenvalue weighted by Gasteiger charge is 2.25. The minimum atomic E-state index is -0.0278. The van der Waals surface area contributed by atoms with E-state index in [1.165, 1.54) is 0 Å². The van der Waals surface area contributed by atoms with Crippen LogP contribution in [0.25, 0.3) is 22.1 Å². The Morgan fingerprint density at radius 3 is 1.50 bits per heavy atom. The lowest BCUT2D eigenvalue weighted by Crippen LogP contribution is -2.52. The molecule has 4 aromatic rings. The molecule has 5 rings (SSSR count). The van der Waals surface area contributed by atoms with Gasteiger partial charge in [-0.15, -0.1) is 10.2 Å². The van der Waals surface area contributed by atoms with Crippen molar-refractivity contribution in [3.63, 3.8) is 0 Å². The second-order valence-corrected chi connectivity index (χ2v) is 7.23. The monoisotopic (exact) mass is 404 g/mol. The Balaban J connectivity index is 1.18. The van der Waals surface area contributed by atoms with Crippen LogP contribution in [0.2, 0.25) is 0 Å².